The second-order valence-corrected chi connectivity index (χ2v) is 7.37. The summed E-state index contributed by atoms with van der Waals surface area (Å²) >= 11 is 0. The van der Waals surface area contributed by atoms with Crippen LogP contribution < -0.4 is 10.6 Å². The number of H-pyrrole nitrogens is 1. The number of para-hydroxylation sites is 1. The Morgan fingerprint density at radius 2 is 1.94 bits per heavy atom. The van der Waals surface area contributed by atoms with Crippen LogP contribution >= 0.6 is 24.0 Å². The van der Waals surface area contributed by atoms with E-state index in [1.807, 2.05) is 18.5 Å². The Labute approximate surface area is 200 Å². The van der Waals surface area contributed by atoms with Gasteiger partial charge in [-0.25, -0.2) is 4.98 Å². The molecule has 4 aromatic rings. The molecule has 6 nitrogen and oxygen atoms in total. The van der Waals surface area contributed by atoms with Crippen molar-refractivity contribution in [3.8, 4) is 0 Å². The minimum Gasteiger partial charge on any atom is -0.361 e. The number of benzene rings is 2. The SMILES string of the molecule is CN=C(NCCc1c[nH]c2c(C)cccc12)NCc1nccn1Cc1ccccc1.I. The first-order chi connectivity index (χ1) is 14.7. The van der Waals surface area contributed by atoms with Gasteiger partial charge in [0.15, 0.2) is 5.96 Å². The first kappa shape index (κ1) is 22.9. The highest BCUT2D eigenvalue weighted by Crippen LogP contribution is 2.21. The normalized spacial score (nSPS) is 11.4. The van der Waals surface area contributed by atoms with Gasteiger partial charge >= 0.3 is 0 Å². The van der Waals surface area contributed by atoms with Gasteiger partial charge in [0.2, 0.25) is 0 Å². The number of nitrogens with one attached hydrogen (secondary N) is 3. The third-order valence-corrected chi connectivity index (χ3v) is 5.33. The molecule has 162 valence electrons. The lowest BCUT2D eigenvalue weighted by Crippen LogP contribution is -2.38. The Morgan fingerprint density at radius 1 is 1.10 bits per heavy atom. The number of halogens is 1. The summed E-state index contributed by atoms with van der Waals surface area (Å²) < 4.78 is 2.16. The molecule has 31 heavy (non-hydrogen) atoms. The van der Waals surface area contributed by atoms with Gasteiger partial charge in [0.1, 0.15) is 5.82 Å². The predicted molar refractivity (Wildman–Crippen MR) is 138 cm³/mol. The van der Waals surface area contributed by atoms with Gasteiger partial charge in [0.25, 0.3) is 0 Å². The summed E-state index contributed by atoms with van der Waals surface area (Å²) in [6.07, 6.45) is 6.89. The van der Waals surface area contributed by atoms with E-state index in [1.54, 1.807) is 7.05 Å². The number of hydrogen-bond donors (Lipinski definition) is 3. The van der Waals surface area contributed by atoms with Crippen LogP contribution in [-0.2, 0) is 19.5 Å². The van der Waals surface area contributed by atoms with E-state index in [0.717, 1.165) is 31.3 Å². The third kappa shape index (κ3) is 5.66. The zero-order chi connectivity index (χ0) is 20.8. The van der Waals surface area contributed by atoms with Crippen molar-refractivity contribution in [2.24, 2.45) is 4.99 Å². The molecule has 3 N–H and O–H groups in total. The van der Waals surface area contributed by atoms with Gasteiger partial charge in [-0.2, -0.15) is 0 Å². The van der Waals surface area contributed by atoms with Crippen LogP contribution in [0.25, 0.3) is 10.9 Å². The average Bonchev–Trinajstić information content (AvgIpc) is 3.39. The molecule has 0 spiro atoms. The number of nitrogens with zero attached hydrogens (tertiary/aromatic N) is 3. The number of aromatic amines is 1. The van der Waals surface area contributed by atoms with Gasteiger partial charge in [-0.05, 0) is 30.0 Å². The number of rotatable bonds is 7. The van der Waals surface area contributed by atoms with Gasteiger partial charge in [-0.3, -0.25) is 4.99 Å². The van der Waals surface area contributed by atoms with Crippen molar-refractivity contribution in [3.05, 3.63) is 89.6 Å². The monoisotopic (exact) mass is 528 g/mol. The summed E-state index contributed by atoms with van der Waals surface area (Å²) in [6, 6.07) is 16.8. The quantitative estimate of drug-likeness (QED) is 0.191. The second-order valence-electron chi connectivity index (χ2n) is 7.37. The third-order valence-electron chi connectivity index (χ3n) is 5.33. The molecule has 2 heterocycles. The lowest BCUT2D eigenvalue weighted by Gasteiger charge is -2.13. The fraction of sp³-hybridized carbons (Fsp3) is 0.250. The molecule has 2 aromatic heterocycles. The molecule has 4 rings (SSSR count). The Balaban J connectivity index is 0.00000272. The first-order valence-electron chi connectivity index (χ1n) is 10.3. The number of fused-ring (bicyclic) bond motifs is 1. The van der Waals surface area contributed by atoms with Crippen LogP contribution in [0.4, 0.5) is 0 Å². The molecular weight excluding hydrogens is 499 g/mol. The zero-order valence-electron chi connectivity index (χ0n) is 17.9. The van der Waals surface area contributed by atoms with E-state index < -0.39 is 0 Å². The zero-order valence-corrected chi connectivity index (χ0v) is 20.3. The average molecular weight is 528 g/mol. The molecule has 0 saturated heterocycles. The number of aliphatic imine (C=N–C) groups is 1. The summed E-state index contributed by atoms with van der Waals surface area (Å²) in [6.45, 7) is 4.36. The van der Waals surface area contributed by atoms with Crippen molar-refractivity contribution >= 4 is 40.8 Å². The van der Waals surface area contributed by atoms with E-state index in [0.29, 0.717) is 6.54 Å². The molecule has 0 amide bonds. The van der Waals surface area contributed by atoms with Crippen molar-refractivity contribution < 1.29 is 0 Å². The number of guanidine groups is 1. The highest BCUT2D eigenvalue weighted by atomic mass is 127. The molecule has 0 fully saturated rings. The Morgan fingerprint density at radius 3 is 2.74 bits per heavy atom. The Hall–Kier alpha value is -2.81. The lowest BCUT2D eigenvalue weighted by atomic mass is 10.1. The van der Waals surface area contributed by atoms with E-state index in [2.05, 4.69) is 85.7 Å². The van der Waals surface area contributed by atoms with Gasteiger partial charge in [-0.1, -0.05) is 48.5 Å². The van der Waals surface area contributed by atoms with Crippen LogP contribution in [0, 0.1) is 6.92 Å². The van der Waals surface area contributed by atoms with Crippen LogP contribution in [0.1, 0.15) is 22.5 Å². The molecular formula is C24H29IN6. The van der Waals surface area contributed by atoms with E-state index in [4.69, 9.17) is 0 Å². The van der Waals surface area contributed by atoms with Crippen LogP contribution in [-0.4, -0.2) is 34.1 Å². The molecule has 0 unspecified atom stereocenters. The molecule has 0 radical (unpaired) electrons. The van der Waals surface area contributed by atoms with Gasteiger partial charge in [0.05, 0.1) is 6.54 Å². The van der Waals surface area contributed by atoms with Gasteiger partial charge in [-0.15, -0.1) is 24.0 Å². The maximum atomic E-state index is 4.50. The number of aryl methyl sites for hydroxylation is 1. The molecule has 7 heteroatoms. The summed E-state index contributed by atoms with van der Waals surface area (Å²) in [5, 5.41) is 8.07. The van der Waals surface area contributed by atoms with E-state index in [1.165, 1.54) is 27.6 Å². The maximum Gasteiger partial charge on any atom is 0.191 e. The number of aromatic nitrogens is 3. The molecule has 0 aliphatic rings. The van der Waals surface area contributed by atoms with Crippen LogP contribution in [0.2, 0.25) is 0 Å². The maximum absolute atomic E-state index is 4.50. The van der Waals surface area contributed by atoms with Crippen molar-refractivity contribution in [1.82, 2.24) is 25.2 Å². The summed E-state index contributed by atoms with van der Waals surface area (Å²) in [7, 11) is 1.79. The lowest BCUT2D eigenvalue weighted by molar-refractivity contribution is 0.687. The van der Waals surface area contributed by atoms with E-state index >= 15 is 0 Å². The molecule has 2 aromatic carbocycles. The van der Waals surface area contributed by atoms with Crippen LogP contribution in [0.5, 0.6) is 0 Å². The van der Waals surface area contributed by atoms with Crippen LogP contribution in [0.3, 0.4) is 0 Å². The molecule has 0 bridgehead atoms. The number of imidazole rings is 1. The molecule has 0 aliphatic heterocycles. The molecule has 0 saturated carbocycles. The van der Waals surface area contributed by atoms with E-state index in [-0.39, 0.29) is 24.0 Å². The Kier molecular flexibility index (Phi) is 8.11. The van der Waals surface area contributed by atoms with Gasteiger partial charge in [0, 0.05) is 49.6 Å². The second kappa shape index (κ2) is 11.0. The summed E-state index contributed by atoms with van der Waals surface area (Å²) in [5.41, 5.74) is 5.07. The van der Waals surface area contributed by atoms with E-state index in [9.17, 15) is 0 Å². The highest BCUT2D eigenvalue weighted by Gasteiger charge is 2.07. The van der Waals surface area contributed by atoms with Crippen molar-refractivity contribution in [2.45, 2.75) is 26.4 Å². The minimum atomic E-state index is 0. The summed E-state index contributed by atoms with van der Waals surface area (Å²) in [5.74, 6) is 1.76. The fourth-order valence-electron chi connectivity index (χ4n) is 3.70. The Bertz CT molecular complexity index is 1130. The van der Waals surface area contributed by atoms with Gasteiger partial charge < -0.3 is 20.2 Å². The predicted octanol–water partition coefficient (Wildman–Crippen LogP) is 4.25. The van der Waals surface area contributed by atoms with Crippen molar-refractivity contribution in [2.75, 3.05) is 13.6 Å². The van der Waals surface area contributed by atoms with Crippen molar-refractivity contribution in [1.29, 1.82) is 0 Å². The smallest absolute Gasteiger partial charge is 0.191 e. The topological polar surface area (TPSA) is 70.0 Å². The van der Waals surface area contributed by atoms with Crippen LogP contribution in [0.15, 0.2) is 72.1 Å². The first-order valence-corrected chi connectivity index (χ1v) is 10.3. The largest absolute Gasteiger partial charge is 0.361 e. The van der Waals surface area contributed by atoms with Crippen molar-refractivity contribution in [3.63, 3.8) is 0 Å². The molecule has 0 aliphatic carbocycles. The number of hydrogen-bond acceptors (Lipinski definition) is 2. The minimum absolute atomic E-state index is 0. The standard InChI is InChI=1S/C24H28N6.HI/c1-18-7-6-10-21-20(15-28-23(18)21)11-12-27-24(25-2)29-16-22-26-13-14-30(22)17-19-8-4-3-5-9-19;/h3-10,13-15,28H,11-12,16-17H2,1-2H3,(H2,25,27,29);1H. The summed E-state index contributed by atoms with van der Waals surface area (Å²) in [4.78, 5) is 12.2. The fourth-order valence-corrected chi connectivity index (χ4v) is 3.70. The molecule has 0 atom stereocenters. The highest BCUT2D eigenvalue weighted by molar-refractivity contribution is 14.0.